The van der Waals surface area contributed by atoms with Gasteiger partial charge in [-0.3, -0.25) is 4.79 Å². The van der Waals surface area contributed by atoms with Gasteiger partial charge in [-0.25, -0.2) is 4.79 Å². The summed E-state index contributed by atoms with van der Waals surface area (Å²) in [5.74, 6) is -1.97. The zero-order chi connectivity index (χ0) is 16.9. The second-order valence-corrected chi connectivity index (χ2v) is 5.66. The molecule has 0 bridgehead atoms. The normalized spacial score (nSPS) is 15.7. The van der Waals surface area contributed by atoms with Gasteiger partial charge in [-0.05, 0) is 12.1 Å². The molecule has 1 saturated heterocycles. The lowest BCUT2D eigenvalue weighted by Gasteiger charge is -2.38. The van der Waals surface area contributed by atoms with Crippen molar-refractivity contribution >= 4 is 34.4 Å². The molecule has 1 aliphatic heterocycles. The molecule has 0 radical (unpaired) electrons. The standard InChI is InChI=1S/C14H10ClF3N2O3/c15-9-2-1-3-10-11(9)8(12(21)14(16,17)18)6-20(10)7-4-19(5-7)13(22)23/h1-3,6-7H,4-5H2,(H,22,23). The maximum atomic E-state index is 12.8. The van der Waals surface area contributed by atoms with Crippen LogP contribution >= 0.6 is 11.6 Å². The van der Waals surface area contributed by atoms with Gasteiger partial charge in [-0.2, -0.15) is 13.2 Å². The number of aromatic nitrogens is 1. The Morgan fingerprint density at radius 2 is 1.91 bits per heavy atom. The molecule has 0 aliphatic carbocycles. The number of halogens is 4. The number of alkyl halides is 3. The molecule has 0 saturated carbocycles. The first-order chi connectivity index (χ1) is 10.7. The van der Waals surface area contributed by atoms with E-state index in [-0.39, 0.29) is 29.5 Å². The van der Waals surface area contributed by atoms with E-state index in [0.717, 1.165) is 11.1 Å². The molecule has 0 atom stereocenters. The number of Topliss-reactive ketones (excluding diaryl/α,β-unsaturated/α-hetero) is 1. The van der Waals surface area contributed by atoms with Crippen LogP contribution in [0.2, 0.25) is 5.02 Å². The molecule has 5 nitrogen and oxygen atoms in total. The van der Waals surface area contributed by atoms with Crippen LogP contribution in [-0.2, 0) is 0 Å². The zero-order valence-electron chi connectivity index (χ0n) is 11.5. The van der Waals surface area contributed by atoms with E-state index in [9.17, 15) is 22.8 Å². The summed E-state index contributed by atoms with van der Waals surface area (Å²) in [7, 11) is 0. The second-order valence-electron chi connectivity index (χ2n) is 5.25. The number of likely N-dealkylation sites (tertiary alicyclic amines) is 1. The van der Waals surface area contributed by atoms with Crippen LogP contribution in [0.1, 0.15) is 16.4 Å². The quantitative estimate of drug-likeness (QED) is 0.845. The lowest BCUT2D eigenvalue weighted by atomic mass is 10.1. The number of carboxylic acid groups (broad SMARTS) is 1. The van der Waals surface area contributed by atoms with E-state index < -0.39 is 23.6 Å². The predicted molar refractivity (Wildman–Crippen MR) is 76.0 cm³/mol. The van der Waals surface area contributed by atoms with Crippen LogP contribution in [0.4, 0.5) is 18.0 Å². The highest BCUT2D eigenvalue weighted by Crippen LogP contribution is 2.36. The molecular weight excluding hydrogens is 337 g/mol. The molecule has 2 heterocycles. The van der Waals surface area contributed by atoms with Crippen LogP contribution in [0.25, 0.3) is 10.9 Å². The van der Waals surface area contributed by atoms with Crippen molar-refractivity contribution in [2.24, 2.45) is 0 Å². The highest BCUT2D eigenvalue weighted by molar-refractivity contribution is 6.37. The molecule has 2 aromatic rings. The van der Waals surface area contributed by atoms with Gasteiger partial charge in [0.25, 0.3) is 5.78 Å². The maximum absolute atomic E-state index is 12.8. The molecule has 1 aromatic heterocycles. The number of amides is 1. The van der Waals surface area contributed by atoms with Crippen molar-refractivity contribution in [1.82, 2.24) is 9.47 Å². The SMILES string of the molecule is O=C(O)N1CC(n2cc(C(=O)C(F)(F)F)c3c(Cl)cccc32)C1. The van der Waals surface area contributed by atoms with Gasteiger partial charge >= 0.3 is 12.3 Å². The third kappa shape index (κ3) is 2.52. The first-order valence-electron chi connectivity index (χ1n) is 6.58. The number of fused-ring (bicyclic) bond motifs is 1. The van der Waals surface area contributed by atoms with E-state index >= 15 is 0 Å². The van der Waals surface area contributed by atoms with Gasteiger partial charge in [-0.1, -0.05) is 17.7 Å². The van der Waals surface area contributed by atoms with Gasteiger partial charge in [0.15, 0.2) is 0 Å². The molecule has 0 spiro atoms. The van der Waals surface area contributed by atoms with Gasteiger partial charge in [0.1, 0.15) is 0 Å². The summed E-state index contributed by atoms with van der Waals surface area (Å²) in [6, 6.07) is 4.20. The summed E-state index contributed by atoms with van der Waals surface area (Å²) in [4.78, 5) is 23.6. The van der Waals surface area contributed by atoms with E-state index in [1.165, 1.54) is 10.6 Å². The molecule has 23 heavy (non-hydrogen) atoms. The Bertz CT molecular complexity index is 809. The van der Waals surface area contributed by atoms with Gasteiger partial charge in [0.2, 0.25) is 0 Å². The molecule has 122 valence electrons. The van der Waals surface area contributed by atoms with E-state index in [2.05, 4.69) is 0 Å². The number of hydrogen-bond donors (Lipinski definition) is 1. The van der Waals surface area contributed by atoms with Gasteiger partial charge < -0.3 is 14.6 Å². The van der Waals surface area contributed by atoms with E-state index in [1.807, 2.05) is 0 Å². The fraction of sp³-hybridized carbons (Fsp3) is 0.286. The van der Waals surface area contributed by atoms with E-state index in [1.54, 1.807) is 12.1 Å². The lowest BCUT2D eigenvalue weighted by Crippen LogP contribution is -2.49. The molecule has 9 heteroatoms. The molecule has 1 fully saturated rings. The molecular formula is C14H10ClF3N2O3. The molecule has 0 unspecified atom stereocenters. The van der Waals surface area contributed by atoms with Crippen molar-refractivity contribution in [3.63, 3.8) is 0 Å². The number of rotatable bonds is 2. The Kier molecular flexibility index (Phi) is 3.51. The Balaban J connectivity index is 2.09. The van der Waals surface area contributed by atoms with E-state index in [4.69, 9.17) is 16.7 Å². The van der Waals surface area contributed by atoms with Crippen molar-refractivity contribution in [1.29, 1.82) is 0 Å². The fourth-order valence-electron chi connectivity index (χ4n) is 2.68. The molecule has 3 rings (SSSR count). The summed E-state index contributed by atoms with van der Waals surface area (Å²) >= 11 is 5.98. The summed E-state index contributed by atoms with van der Waals surface area (Å²) in [6.07, 6.45) is -5.00. The van der Waals surface area contributed by atoms with Crippen molar-refractivity contribution in [3.05, 3.63) is 35.0 Å². The lowest BCUT2D eigenvalue weighted by molar-refractivity contribution is -0.0884. The summed E-state index contributed by atoms with van der Waals surface area (Å²) in [6.45, 7) is 0.288. The first-order valence-corrected chi connectivity index (χ1v) is 6.96. The van der Waals surface area contributed by atoms with Gasteiger partial charge in [0, 0.05) is 24.7 Å². The summed E-state index contributed by atoms with van der Waals surface area (Å²) in [5, 5.41) is 8.93. The van der Waals surface area contributed by atoms with Crippen molar-refractivity contribution in [2.75, 3.05) is 13.1 Å². The number of ketones is 1. The van der Waals surface area contributed by atoms with Crippen LogP contribution < -0.4 is 0 Å². The Labute approximate surface area is 132 Å². The first kappa shape index (κ1) is 15.7. The van der Waals surface area contributed by atoms with Crippen molar-refractivity contribution < 1.29 is 27.9 Å². The van der Waals surface area contributed by atoms with Crippen LogP contribution in [0.15, 0.2) is 24.4 Å². The minimum atomic E-state index is -5.01. The number of hydrogen-bond acceptors (Lipinski definition) is 2. The van der Waals surface area contributed by atoms with Gasteiger partial charge in [0.05, 0.1) is 22.1 Å². The van der Waals surface area contributed by atoms with Gasteiger partial charge in [-0.15, -0.1) is 0 Å². The van der Waals surface area contributed by atoms with Crippen molar-refractivity contribution in [3.8, 4) is 0 Å². The van der Waals surface area contributed by atoms with Crippen LogP contribution in [-0.4, -0.2) is 45.7 Å². The summed E-state index contributed by atoms with van der Waals surface area (Å²) in [5.41, 5.74) is -0.146. The molecule has 1 N–H and O–H groups in total. The minimum absolute atomic E-state index is 0.0327. The second kappa shape index (κ2) is 5.16. The fourth-order valence-corrected chi connectivity index (χ4v) is 2.95. The average molecular weight is 347 g/mol. The monoisotopic (exact) mass is 346 g/mol. The number of carbonyl (C=O) groups is 2. The van der Waals surface area contributed by atoms with Crippen LogP contribution in [0.5, 0.6) is 0 Å². The maximum Gasteiger partial charge on any atom is 0.454 e. The third-order valence-electron chi connectivity index (χ3n) is 3.84. The minimum Gasteiger partial charge on any atom is -0.465 e. The van der Waals surface area contributed by atoms with Crippen LogP contribution in [0.3, 0.4) is 0 Å². The zero-order valence-corrected chi connectivity index (χ0v) is 12.2. The van der Waals surface area contributed by atoms with E-state index in [0.29, 0.717) is 5.52 Å². The largest absolute Gasteiger partial charge is 0.465 e. The van der Waals surface area contributed by atoms with Crippen LogP contribution in [0, 0.1) is 0 Å². The topological polar surface area (TPSA) is 62.5 Å². The molecule has 1 aromatic carbocycles. The summed E-state index contributed by atoms with van der Waals surface area (Å²) < 4.78 is 39.8. The highest BCUT2D eigenvalue weighted by Gasteiger charge is 2.42. The predicted octanol–water partition coefficient (Wildman–Crippen LogP) is 3.57. The third-order valence-corrected chi connectivity index (χ3v) is 4.15. The average Bonchev–Trinajstić information content (AvgIpc) is 2.75. The van der Waals surface area contributed by atoms with Crippen molar-refractivity contribution in [2.45, 2.75) is 12.2 Å². The number of carbonyl (C=O) groups excluding carboxylic acids is 1. The Hall–Kier alpha value is -2.22. The number of nitrogens with zero attached hydrogens (tertiary/aromatic N) is 2. The number of benzene rings is 1. The highest BCUT2D eigenvalue weighted by atomic mass is 35.5. The Morgan fingerprint density at radius 1 is 1.26 bits per heavy atom. The molecule has 1 aliphatic rings. The molecule has 1 amide bonds. The Morgan fingerprint density at radius 3 is 2.48 bits per heavy atom. The smallest absolute Gasteiger partial charge is 0.454 e.